The Morgan fingerprint density at radius 1 is 1.29 bits per heavy atom. The van der Waals surface area contributed by atoms with Crippen molar-refractivity contribution in [2.75, 3.05) is 17.2 Å². The maximum Gasteiger partial charge on any atom is 0.273 e. The molecule has 0 spiro atoms. The van der Waals surface area contributed by atoms with Crippen LogP contribution in [0.3, 0.4) is 0 Å². The van der Waals surface area contributed by atoms with Gasteiger partial charge in [0.25, 0.3) is 5.69 Å². The summed E-state index contributed by atoms with van der Waals surface area (Å²) in [4.78, 5) is 10.4. The van der Waals surface area contributed by atoms with Crippen LogP contribution in [0.15, 0.2) is 36.4 Å². The van der Waals surface area contributed by atoms with Gasteiger partial charge in [-0.05, 0) is 25.1 Å². The first-order valence-corrected chi connectivity index (χ1v) is 6.63. The highest BCUT2D eigenvalue weighted by Gasteiger charge is 2.12. The zero-order chi connectivity index (χ0) is 15.4. The summed E-state index contributed by atoms with van der Waals surface area (Å²) in [5.41, 5.74) is 0.944. The van der Waals surface area contributed by atoms with Crippen LogP contribution in [-0.4, -0.2) is 11.5 Å². The van der Waals surface area contributed by atoms with Gasteiger partial charge in [-0.3, -0.25) is 10.1 Å². The van der Waals surface area contributed by atoms with Crippen molar-refractivity contribution in [3.8, 4) is 0 Å². The van der Waals surface area contributed by atoms with Crippen molar-refractivity contribution in [1.82, 2.24) is 0 Å². The maximum atomic E-state index is 13.7. The first-order valence-electron chi connectivity index (χ1n) is 6.25. The lowest BCUT2D eigenvalue weighted by atomic mass is 10.2. The minimum atomic E-state index is -0.529. The van der Waals surface area contributed by atoms with Gasteiger partial charge < -0.3 is 10.6 Å². The predicted octanol–water partition coefficient (Wildman–Crippen LogP) is 4.56. The van der Waals surface area contributed by atoms with Gasteiger partial charge in [-0.1, -0.05) is 17.7 Å². The van der Waals surface area contributed by atoms with Crippen LogP contribution >= 0.6 is 11.6 Å². The lowest BCUT2D eigenvalue weighted by Crippen LogP contribution is -2.01. The number of hydrogen-bond donors (Lipinski definition) is 2. The Labute approximate surface area is 125 Å². The van der Waals surface area contributed by atoms with Crippen molar-refractivity contribution in [3.63, 3.8) is 0 Å². The quantitative estimate of drug-likeness (QED) is 0.627. The molecule has 2 rings (SSSR count). The smallest absolute Gasteiger partial charge is 0.273 e. The van der Waals surface area contributed by atoms with Crippen molar-refractivity contribution < 1.29 is 9.31 Å². The lowest BCUT2D eigenvalue weighted by molar-refractivity contribution is -0.384. The predicted molar refractivity (Wildman–Crippen MR) is 82.0 cm³/mol. The lowest BCUT2D eigenvalue weighted by Gasteiger charge is -2.11. The second-order valence-corrected chi connectivity index (χ2v) is 4.68. The van der Waals surface area contributed by atoms with Gasteiger partial charge in [0.1, 0.15) is 5.82 Å². The number of nitrogens with one attached hydrogen (secondary N) is 2. The number of rotatable bonds is 5. The number of para-hydroxylation sites is 1. The van der Waals surface area contributed by atoms with Crippen LogP contribution in [0.4, 0.5) is 27.1 Å². The second kappa shape index (κ2) is 6.41. The summed E-state index contributed by atoms with van der Waals surface area (Å²) < 4.78 is 13.7. The number of nitro benzene ring substituents is 1. The number of hydrogen-bond acceptors (Lipinski definition) is 4. The highest BCUT2D eigenvalue weighted by Crippen LogP contribution is 2.31. The molecule has 0 heterocycles. The Morgan fingerprint density at radius 2 is 2.00 bits per heavy atom. The van der Waals surface area contributed by atoms with Crippen molar-refractivity contribution in [2.24, 2.45) is 0 Å². The first-order chi connectivity index (χ1) is 10.0. The average Bonchev–Trinajstić information content (AvgIpc) is 2.43. The number of anilines is 3. The SMILES string of the molecule is CCNc1cc(Nc2c(F)cccc2Cl)cc([N+](=O)[O-])c1. The van der Waals surface area contributed by atoms with E-state index in [2.05, 4.69) is 10.6 Å². The van der Waals surface area contributed by atoms with Crippen LogP contribution in [0, 0.1) is 15.9 Å². The number of nitro groups is 1. The highest BCUT2D eigenvalue weighted by atomic mass is 35.5. The molecule has 0 aliphatic rings. The van der Waals surface area contributed by atoms with Crippen molar-refractivity contribution in [3.05, 3.63) is 57.4 Å². The molecule has 0 saturated carbocycles. The van der Waals surface area contributed by atoms with Gasteiger partial charge >= 0.3 is 0 Å². The minimum Gasteiger partial charge on any atom is -0.385 e. The van der Waals surface area contributed by atoms with E-state index < -0.39 is 10.7 Å². The normalized spacial score (nSPS) is 10.2. The van der Waals surface area contributed by atoms with Gasteiger partial charge in [0, 0.05) is 30.1 Å². The Balaban J connectivity index is 2.41. The van der Waals surface area contributed by atoms with Gasteiger partial charge in [-0.15, -0.1) is 0 Å². The molecular weight excluding hydrogens is 297 g/mol. The molecule has 0 aliphatic heterocycles. The Hall–Kier alpha value is -2.34. The molecule has 0 fully saturated rings. The summed E-state index contributed by atoms with van der Waals surface area (Å²) in [6.07, 6.45) is 0. The van der Waals surface area contributed by atoms with Crippen LogP contribution in [0.2, 0.25) is 5.02 Å². The van der Waals surface area contributed by atoms with Crippen LogP contribution in [0.1, 0.15) is 6.92 Å². The standard InChI is InChI=1S/C14H13ClFN3O2/c1-2-17-9-6-10(8-11(7-9)19(20)21)18-14-12(15)4-3-5-13(14)16/h3-8,17-18H,2H2,1H3. The molecule has 21 heavy (non-hydrogen) atoms. The van der Waals surface area contributed by atoms with E-state index in [1.54, 1.807) is 6.07 Å². The summed E-state index contributed by atoms with van der Waals surface area (Å²) in [7, 11) is 0. The molecule has 0 aliphatic carbocycles. The van der Waals surface area contributed by atoms with Crippen molar-refractivity contribution in [2.45, 2.75) is 6.92 Å². The third kappa shape index (κ3) is 3.61. The molecule has 2 N–H and O–H groups in total. The van der Waals surface area contributed by atoms with E-state index in [1.807, 2.05) is 6.92 Å². The molecule has 2 aromatic rings. The zero-order valence-corrected chi connectivity index (χ0v) is 11.9. The van der Waals surface area contributed by atoms with E-state index in [0.717, 1.165) is 0 Å². The number of benzene rings is 2. The molecule has 7 heteroatoms. The Kier molecular flexibility index (Phi) is 4.59. The van der Waals surface area contributed by atoms with E-state index in [0.29, 0.717) is 17.9 Å². The summed E-state index contributed by atoms with van der Waals surface area (Å²) in [6.45, 7) is 2.49. The molecule has 0 aromatic heterocycles. The molecule has 0 amide bonds. The largest absolute Gasteiger partial charge is 0.385 e. The number of non-ortho nitro benzene ring substituents is 1. The van der Waals surface area contributed by atoms with Gasteiger partial charge in [0.2, 0.25) is 0 Å². The summed E-state index contributed by atoms with van der Waals surface area (Å²) in [5.74, 6) is -0.529. The van der Waals surface area contributed by atoms with Gasteiger partial charge in [-0.2, -0.15) is 0 Å². The van der Waals surface area contributed by atoms with Crippen LogP contribution in [0.25, 0.3) is 0 Å². The third-order valence-electron chi connectivity index (χ3n) is 2.74. The molecule has 0 atom stereocenters. The minimum absolute atomic E-state index is 0.0853. The summed E-state index contributed by atoms with van der Waals surface area (Å²) in [5, 5.41) is 16.9. The van der Waals surface area contributed by atoms with E-state index in [-0.39, 0.29) is 16.4 Å². The van der Waals surface area contributed by atoms with Crippen molar-refractivity contribution >= 4 is 34.4 Å². The molecule has 0 bridgehead atoms. The van der Waals surface area contributed by atoms with Crippen molar-refractivity contribution in [1.29, 1.82) is 0 Å². The first kappa shape index (κ1) is 15.1. The summed E-state index contributed by atoms with van der Waals surface area (Å²) in [6, 6.07) is 8.67. The fourth-order valence-electron chi connectivity index (χ4n) is 1.86. The maximum absolute atomic E-state index is 13.7. The van der Waals surface area contributed by atoms with Gasteiger partial charge in [0.15, 0.2) is 0 Å². The molecule has 0 unspecified atom stereocenters. The number of halogens is 2. The highest BCUT2D eigenvalue weighted by molar-refractivity contribution is 6.33. The van der Waals surface area contributed by atoms with Crippen LogP contribution < -0.4 is 10.6 Å². The summed E-state index contributed by atoms with van der Waals surface area (Å²) >= 11 is 5.93. The molecule has 5 nitrogen and oxygen atoms in total. The second-order valence-electron chi connectivity index (χ2n) is 4.28. The third-order valence-corrected chi connectivity index (χ3v) is 3.06. The molecule has 2 aromatic carbocycles. The zero-order valence-electron chi connectivity index (χ0n) is 11.2. The Bertz CT molecular complexity index is 659. The van der Waals surface area contributed by atoms with Crippen LogP contribution in [-0.2, 0) is 0 Å². The Morgan fingerprint density at radius 3 is 2.62 bits per heavy atom. The van der Waals surface area contributed by atoms with E-state index >= 15 is 0 Å². The topological polar surface area (TPSA) is 67.2 Å². The fraction of sp³-hybridized carbons (Fsp3) is 0.143. The molecular formula is C14H13ClFN3O2. The van der Waals surface area contributed by atoms with Gasteiger partial charge in [-0.25, -0.2) is 4.39 Å². The van der Waals surface area contributed by atoms with E-state index in [9.17, 15) is 14.5 Å². The van der Waals surface area contributed by atoms with Crippen LogP contribution in [0.5, 0.6) is 0 Å². The molecule has 110 valence electrons. The number of nitrogens with zero attached hydrogens (tertiary/aromatic N) is 1. The molecule has 0 radical (unpaired) electrons. The average molecular weight is 310 g/mol. The van der Waals surface area contributed by atoms with E-state index in [1.165, 1.54) is 30.3 Å². The molecule has 0 saturated heterocycles. The monoisotopic (exact) mass is 309 g/mol. The fourth-order valence-corrected chi connectivity index (χ4v) is 2.07. The van der Waals surface area contributed by atoms with E-state index in [4.69, 9.17) is 11.6 Å². The van der Waals surface area contributed by atoms with Gasteiger partial charge in [0.05, 0.1) is 15.6 Å².